The number of aromatic nitrogens is 2. The highest BCUT2D eigenvalue weighted by atomic mass is 16.5. The van der Waals surface area contributed by atoms with Crippen LogP contribution in [-0.4, -0.2) is 59.4 Å². The molecule has 2 aliphatic rings. The molecular weight excluding hydrogens is 404 g/mol. The fourth-order valence-electron chi connectivity index (χ4n) is 5.39. The Balaban J connectivity index is 1.40. The summed E-state index contributed by atoms with van der Waals surface area (Å²) in [5.74, 6) is 1.37. The Labute approximate surface area is 187 Å². The third-order valence-corrected chi connectivity index (χ3v) is 7.22. The number of aryl methyl sites for hydroxylation is 2. The van der Waals surface area contributed by atoms with E-state index in [2.05, 4.69) is 39.7 Å². The van der Waals surface area contributed by atoms with Crippen molar-refractivity contribution >= 4 is 39.2 Å². The minimum Gasteiger partial charge on any atom is -0.495 e. The summed E-state index contributed by atoms with van der Waals surface area (Å²) < 4.78 is 7.97. The number of carbonyl (C=O) groups is 2. The van der Waals surface area contributed by atoms with Crippen molar-refractivity contribution in [1.29, 1.82) is 0 Å². The molecule has 7 heteroatoms. The van der Waals surface area contributed by atoms with Crippen molar-refractivity contribution < 1.29 is 14.3 Å². The van der Waals surface area contributed by atoms with Gasteiger partial charge >= 0.3 is 0 Å². The summed E-state index contributed by atoms with van der Waals surface area (Å²) >= 11 is 0. The molecule has 32 heavy (non-hydrogen) atoms. The maximum absolute atomic E-state index is 12.9. The first kappa shape index (κ1) is 20.8. The number of methoxy groups -OCH3 is 1. The fraction of sp³-hybridized carbons (Fsp3) is 0.480. The predicted octanol–water partition coefficient (Wildman–Crippen LogP) is 3.45. The first-order chi connectivity index (χ1) is 15.5. The summed E-state index contributed by atoms with van der Waals surface area (Å²) in [7, 11) is 3.78. The van der Waals surface area contributed by atoms with Crippen LogP contribution in [0.1, 0.15) is 31.4 Å². The molecule has 168 valence electrons. The molecule has 1 saturated heterocycles. The maximum Gasteiger partial charge on any atom is 0.225 e. The van der Waals surface area contributed by atoms with Crippen molar-refractivity contribution in [2.24, 2.45) is 13.0 Å². The van der Waals surface area contributed by atoms with Gasteiger partial charge in [-0.15, -0.1) is 0 Å². The Bertz CT molecular complexity index is 1200. The van der Waals surface area contributed by atoms with E-state index in [1.165, 1.54) is 10.8 Å². The second-order valence-corrected chi connectivity index (χ2v) is 9.02. The van der Waals surface area contributed by atoms with E-state index < -0.39 is 0 Å². The number of carbonyl (C=O) groups excluding carboxylic acids is 2. The molecule has 3 heterocycles. The highest BCUT2D eigenvalue weighted by molar-refractivity contribution is 6.10. The molecule has 2 aromatic heterocycles. The third kappa shape index (κ3) is 3.40. The van der Waals surface area contributed by atoms with Crippen molar-refractivity contribution in [3.05, 3.63) is 30.1 Å². The van der Waals surface area contributed by atoms with Gasteiger partial charge in [-0.3, -0.25) is 14.6 Å². The van der Waals surface area contributed by atoms with Gasteiger partial charge < -0.3 is 19.1 Å². The molecule has 0 N–H and O–H groups in total. The van der Waals surface area contributed by atoms with Gasteiger partial charge in [0.2, 0.25) is 5.91 Å². The van der Waals surface area contributed by atoms with Crippen LogP contribution >= 0.6 is 0 Å². The van der Waals surface area contributed by atoms with Gasteiger partial charge in [0.25, 0.3) is 0 Å². The number of anilines is 1. The first-order valence-corrected chi connectivity index (χ1v) is 11.4. The molecule has 3 aromatic rings. The van der Waals surface area contributed by atoms with Gasteiger partial charge in [-0.2, -0.15) is 0 Å². The molecule has 7 nitrogen and oxygen atoms in total. The SMILES string of the molecule is COc1cc2c(cc1N1CCN(C(=O)C3CCC(=O)CC3)CC1)c1ccnc(C)c1n2C. The molecule has 0 unspecified atom stereocenters. The third-order valence-electron chi connectivity index (χ3n) is 7.22. The van der Waals surface area contributed by atoms with Crippen LogP contribution in [0.3, 0.4) is 0 Å². The van der Waals surface area contributed by atoms with Gasteiger partial charge in [-0.1, -0.05) is 0 Å². The Morgan fingerprint density at radius 2 is 1.81 bits per heavy atom. The monoisotopic (exact) mass is 434 g/mol. The largest absolute Gasteiger partial charge is 0.495 e. The molecule has 2 fully saturated rings. The number of rotatable bonds is 3. The highest BCUT2D eigenvalue weighted by Crippen LogP contribution is 2.38. The summed E-state index contributed by atoms with van der Waals surface area (Å²) in [6.45, 7) is 4.97. The zero-order valence-electron chi connectivity index (χ0n) is 19.1. The summed E-state index contributed by atoms with van der Waals surface area (Å²) in [6.07, 6.45) is 4.38. The minimum absolute atomic E-state index is 0.0117. The van der Waals surface area contributed by atoms with Gasteiger partial charge in [-0.05, 0) is 31.9 Å². The van der Waals surface area contributed by atoms with Crippen LogP contribution in [0.5, 0.6) is 5.75 Å². The molecular formula is C25H30N4O3. The molecule has 1 saturated carbocycles. The van der Waals surface area contributed by atoms with E-state index in [0.717, 1.165) is 41.3 Å². The lowest BCUT2D eigenvalue weighted by Crippen LogP contribution is -2.50. The van der Waals surface area contributed by atoms with E-state index >= 15 is 0 Å². The molecule has 0 radical (unpaired) electrons. The first-order valence-electron chi connectivity index (χ1n) is 11.4. The second kappa shape index (κ2) is 8.11. The number of nitrogens with zero attached hydrogens (tertiary/aromatic N) is 4. The summed E-state index contributed by atoms with van der Waals surface area (Å²) in [5, 5.41) is 2.38. The van der Waals surface area contributed by atoms with Gasteiger partial charge in [-0.25, -0.2) is 0 Å². The summed E-state index contributed by atoms with van der Waals surface area (Å²) in [4.78, 5) is 33.2. The van der Waals surface area contributed by atoms with Crippen molar-refractivity contribution in [3.8, 4) is 5.75 Å². The number of piperazine rings is 1. The lowest BCUT2D eigenvalue weighted by molar-refractivity contribution is -0.137. The quantitative estimate of drug-likeness (QED) is 0.632. The van der Waals surface area contributed by atoms with Crippen LogP contribution in [0.15, 0.2) is 24.4 Å². The van der Waals surface area contributed by atoms with E-state index in [-0.39, 0.29) is 11.8 Å². The molecule has 1 aliphatic heterocycles. The lowest BCUT2D eigenvalue weighted by atomic mass is 9.87. The zero-order chi connectivity index (χ0) is 22.4. The highest BCUT2D eigenvalue weighted by Gasteiger charge is 2.31. The predicted molar refractivity (Wildman–Crippen MR) is 125 cm³/mol. The number of pyridine rings is 1. The molecule has 0 bridgehead atoms. The van der Waals surface area contributed by atoms with Gasteiger partial charge in [0.1, 0.15) is 11.5 Å². The molecule has 5 rings (SSSR count). The van der Waals surface area contributed by atoms with E-state index in [1.54, 1.807) is 7.11 Å². The average molecular weight is 435 g/mol. The van der Waals surface area contributed by atoms with E-state index in [9.17, 15) is 9.59 Å². The van der Waals surface area contributed by atoms with Gasteiger partial charge in [0, 0.05) is 75.0 Å². The average Bonchev–Trinajstić information content (AvgIpc) is 3.10. The summed E-state index contributed by atoms with van der Waals surface area (Å²) in [5.41, 5.74) is 4.34. The Morgan fingerprint density at radius 1 is 1.09 bits per heavy atom. The Kier molecular flexibility index (Phi) is 5.27. The lowest BCUT2D eigenvalue weighted by Gasteiger charge is -2.38. The molecule has 1 aliphatic carbocycles. The van der Waals surface area contributed by atoms with Crippen molar-refractivity contribution in [1.82, 2.24) is 14.5 Å². The van der Waals surface area contributed by atoms with Crippen LogP contribution in [-0.2, 0) is 16.6 Å². The number of benzene rings is 1. The molecule has 1 aromatic carbocycles. The number of fused-ring (bicyclic) bond motifs is 3. The van der Waals surface area contributed by atoms with Gasteiger partial charge in [0.05, 0.1) is 29.5 Å². The number of hydrogen-bond donors (Lipinski definition) is 0. The topological polar surface area (TPSA) is 67.7 Å². The smallest absolute Gasteiger partial charge is 0.225 e. The number of ether oxygens (including phenoxy) is 1. The second-order valence-electron chi connectivity index (χ2n) is 9.02. The molecule has 0 atom stereocenters. The van der Waals surface area contributed by atoms with Gasteiger partial charge in [0.15, 0.2) is 0 Å². The molecule has 0 spiro atoms. The van der Waals surface area contributed by atoms with Crippen LogP contribution in [0.25, 0.3) is 21.8 Å². The van der Waals surface area contributed by atoms with Crippen molar-refractivity contribution in [3.63, 3.8) is 0 Å². The normalized spacial score (nSPS) is 18.0. The van der Waals surface area contributed by atoms with E-state index in [4.69, 9.17) is 4.74 Å². The van der Waals surface area contributed by atoms with Crippen LogP contribution < -0.4 is 9.64 Å². The maximum atomic E-state index is 12.9. The fourth-order valence-corrected chi connectivity index (χ4v) is 5.39. The Hall–Kier alpha value is -3.09. The Morgan fingerprint density at radius 3 is 2.50 bits per heavy atom. The standard InChI is InChI=1S/C25H30N4O3/c1-16-24-19(8-9-26-16)20-14-22(23(32-3)15-21(20)27(24)2)28-10-12-29(13-11-28)25(31)17-4-6-18(30)7-5-17/h8-9,14-15,17H,4-7,10-13H2,1-3H3. The van der Waals surface area contributed by atoms with Crippen molar-refractivity contribution in [2.45, 2.75) is 32.6 Å². The van der Waals surface area contributed by atoms with E-state index in [1.807, 2.05) is 18.0 Å². The number of hydrogen-bond acceptors (Lipinski definition) is 5. The number of Topliss-reactive ketones (excluding diaryl/α,β-unsaturated/α-hetero) is 1. The minimum atomic E-state index is 0.0117. The van der Waals surface area contributed by atoms with E-state index in [0.29, 0.717) is 44.6 Å². The zero-order valence-corrected chi connectivity index (χ0v) is 19.1. The van der Waals surface area contributed by atoms with Crippen LogP contribution in [0, 0.1) is 12.8 Å². The number of amides is 1. The van der Waals surface area contributed by atoms with Crippen LogP contribution in [0.4, 0.5) is 5.69 Å². The van der Waals surface area contributed by atoms with Crippen LogP contribution in [0.2, 0.25) is 0 Å². The number of ketones is 1. The van der Waals surface area contributed by atoms with Crippen molar-refractivity contribution in [2.75, 3.05) is 38.2 Å². The summed E-state index contributed by atoms with van der Waals surface area (Å²) in [6, 6.07) is 6.41. The molecule has 1 amide bonds.